The van der Waals surface area contributed by atoms with Crippen LogP contribution in [0.25, 0.3) is 0 Å². The van der Waals surface area contributed by atoms with Gasteiger partial charge in [0, 0.05) is 30.3 Å². The van der Waals surface area contributed by atoms with Crippen molar-refractivity contribution in [3.8, 4) is 22.4 Å². The highest BCUT2D eigenvalue weighted by Gasteiger charge is 2.22. The third-order valence-corrected chi connectivity index (χ3v) is 7.23. The molecular weight excluding hydrogens is 454 g/mol. The number of hydrogen-bond donors (Lipinski definition) is 1. The van der Waals surface area contributed by atoms with Crippen LogP contribution in [0, 0.1) is 0 Å². The first-order valence-electron chi connectivity index (χ1n) is 9.69. The van der Waals surface area contributed by atoms with Crippen LogP contribution in [0.2, 0.25) is 0 Å². The summed E-state index contributed by atoms with van der Waals surface area (Å²) in [5.74, 6) is 0.942. The second kappa shape index (κ2) is 10.4. The molecular formula is C21H23N3O6S2. The van der Waals surface area contributed by atoms with Gasteiger partial charge in [-0.05, 0) is 35.5 Å². The number of amides is 1. The van der Waals surface area contributed by atoms with Crippen molar-refractivity contribution in [2.75, 3.05) is 20.8 Å². The van der Waals surface area contributed by atoms with Gasteiger partial charge in [-0.2, -0.15) is 0 Å². The fourth-order valence-electron chi connectivity index (χ4n) is 2.68. The van der Waals surface area contributed by atoms with E-state index in [9.17, 15) is 13.2 Å². The predicted octanol–water partition coefficient (Wildman–Crippen LogP) is 3.46. The highest BCUT2D eigenvalue weighted by molar-refractivity contribution is 7.92. The fourth-order valence-corrected chi connectivity index (χ4v) is 4.95. The van der Waals surface area contributed by atoms with E-state index >= 15 is 0 Å². The molecule has 0 aliphatic heterocycles. The Balaban J connectivity index is 1.70. The maximum absolute atomic E-state index is 12.8. The predicted molar refractivity (Wildman–Crippen MR) is 119 cm³/mol. The normalized spacial score (nSPS) is 11.1. The van der Waals surface area contributed by atoms with Gasteiger partial charge < -0.3 is 19.5 Å². The Morgan fingerprint density at radius 2 is 1.62 bits per heavy atom. The molecule has 9 nitrogen and oxygen atoms in total. The van der Waals surface area contributed by atoms with E-state index in [0.717, 1.165) is 17.8 Å². The van der Waals surface area contributed by atoms with Crippen molar-refractivity contribution in [1.82, 2.24) is 15.5 Å². The number of methoxy groups -OCH3 is 2. The Labute approximate surface area is 190 Å². The van der Waals surface area contributed by atoms with E-state index in [-0.39, 0.29) is 21.2 Å². The number of carbonyl (C=O) groups is 1. The summed E-state index contributed by atoms with van der Waals surface area (Å²) in [4.78, 5) is 12.0. The van der Waals surface area contributed by atoms with E-state index in [1.54, 1.807) is 42.5 Å². The molecule has 0 fully saturated rings. The maximum Gasteiger partial charge on any atom is 0.300 e. The quantitative estimate of drug-likeness (QED) is 0.472. The lowest BCUT2D eigenvalue weighted by Crippen LogP contribution is -2.23. The zero-order valence-corrected chi connectivity index (χ0v) is 19.5. The van der Waals surface area contributed by atoms with Crippen molar-refractivity contribution < 1.29 is 27.4 Å². The van der Waals surface area contributed by atoms with Crippen LogP contribution in [-0.4, -0.2) is 45.3 Å². The van der Waals surface area contributed by atoms with Crippen molar-refractivity contribution >= 4 is 27.1 Å². The Kier molecular flexibility index (Phi) is 7.65. The van der Waals surface area contributed by atoms with Gasteiger partial charge in [-0.1, -0.05) is 24.2 Å². The van der Waals surface area contributed by atoms with Gasteiger partial charge >= 0.3 is 5.19 Å². The second-order valence-corrected chi connectivity index (χ2v) is 9.80. The van der Waals surface area contributed by atoms with E-state index in [1.165, 1.54) is 14.2 Å². The molecule has 3 rings (SSSR count). The number of sulfone groups is 1. The number of hydrogen-bond acceptors (Lipinski definition) is 9. The van der Waals surface area contributed by atoms with Gasteiger partial charge in [0.15, 0.2) is 0 Å². The van der Waals surface area contributed by atoms with Crippen molar-refractivity contribution in [2.45, 2.75) is 23.4 Å². The molecule has 0 spiro atoms. The van der Waals surface area contributed by atoms with Gasteiger partial charge in [-0.3, -0.25) is 4.79 Å². The third kappa shape index (κ3) is 5.95. The first-order chi connectivity index (χ1) is 15.3. The van der Waals surface area contributed by atoms with Crippen LogP contribution in [0.15, 0.2) is 46.8 Å². The van der Waals surface area contributed by atoms with Gasteiger partial charge in [0.25, 0.3) is 5.91 Å². The van der Waals surface area contributed by atoms with Gasteiger partial charge in [0.2, 0.25) is 14.2 Å². The van der Waals surface area contributed by atoms with Gasteiger partial charge in [0.05, 0.1) is 20.0 Å². The lowest BCUT2D eigenvalue weighted by atomic mass is 10.1. The molecule has 1 heterocycles. The molecule has 0 aliphatic carbocycles. The number of rotatable bonds is 10. The molecule has 170 valence electrons. The largest absolute Gasteiger partial charge is 0.496 e. The molecule has 1 amide bonds. The molecule has 0 saturated heterocycles. The standard InChI is InChI=1S/C21H23N3O6S2/c1-4-9-22-19(25)15-7-5-14(6-8-15)13-32(26,27)21-24-23-20(31-21)30-18-11-16(28-2)10-17(12-18)29-3/h5-8,10-12H,4,9,13H2,1-3H3,(H,22,25). The Morgan fingerprint density at radius 3 is 2.22 bits per heavy atom. The molecule has 1 aromatic heterocycles. The molecule has 32 heavy (non-hydrogen) atoms. The average molecular weight is 478 g/mol. The monoisotopic (exact) mass is 477 g/mol. The number of carbonyl (C=O) groups excluding carboxylic acids is 1. The fraction of sp³-hybridized carbons (Fsp3) is 0.286. The SMILES string of the molecule is CCCNC(=O)c1ccc(CS(=O)(=O)c2nnc(Oc3cc(OC)cc(OC)c3)s2)cc1. The average Bonchev–Trinajstić information content (AvgIpc) is 3.27. The third-order valence-electron chi connectivity index (χ3n) is 4.29. The summed E-state index contributed by atoms with van der Waals surface area (Å²) >= 11 is 0.820. The Morgan fingerprint density at radius 1 is 1.00 bits per heavy atom. The van der Waals surface area contributed by atoms with Crippen LogP contribution < -0.4 is 19.5 Å². The number of ether oxygens (including phenoxy) is 3. The van der Waals surface area contributed by atoms with Crippen LogP contribution in [0.4, 0.5) is 0 Å². The summed E-state index contributed by atoms with van der Waals surface area (Å²) in [6.07, 6.45) is 0.834. The highest BCUT2D eigenvalue weighted by atomic mass is 32.2. The topological polar surface area (TPSA) is 117 Å². The lowest BCUT2D eigenvalue weighted by Gasteiger charge is -2.07. The summed E-state index contributed by atoms with van der Waals surface area (Å²) in [5.41, 5.74) is 1.01. The molecule has 0 atom stereocenters. The number of nitrogens with one attached hydrogen (secondary N) is 1. The Hall–Kier alpha value is -3.18. The van der Waals surface area contributed by atoms with Gasteiger partial charge in [-0.25, -0.2) is 8.42 Å². The zero-order chi connectivity index (χ0) is 23.1. The second-order valence-electron chi connectivity index (χ2n) is 6.70. The van der Waals surface area contributed by atoms with Crippen molar-refractivity contribution in [1.29, 1.82) is 0 Å². The molecule has 0 aliphatic rings. The van der Waals surface area contributed by atoms with E-state index < -0.39 is 9.84 Å². The Bertz CT molecular complexity index is 1150. The van der Waals surface area contributed by atoms with Crippen molar-refractivity contribution in [2.24, 2.45) is 0 Å². The minimum absolute atomic E-state index is 0.0711. The minimum atomic E-state index is -3.74. The molecule has 1 N–H and O–H groups in total. The van der Waals surface area contributed by atoms with Crippen LogP contribution in [0.1, 0.15) is 29.3 Å². The van der Waals surface area contributed by atoms with Crippen LogP contribution in [-0.2, 0) is 15.6 Å². The van der Waals surface area contributed by atoms with E-state index in [4.69, 9.17) is 14.2 Å². The zero-order valence-electron chi connectivity index (χ0n) is 17.8. The highest BCUT2D eigenvalue weighted by Crippen LogP contribution is 2.33. The van der Waals surface area contributed by atoms with Gasteiger partial charge in [-0.15, -0.1) is 5.10 Å². The molecule has 2 aromatic carbocycles. The molecule has 0 radical (unpaired) electrons. The van der Waals surface area contributed by atoms with E-state index in [2.05, 4.69) is 15.5 Å². The first kappa shape index (κ1) is 23.5. The lowest BCUT2D eigenvalue weighted by molar-refractivity contribution is 0.0953. The smallest absolute Gasteiger partial charge is 0.300 e. The molecule has 0 saturated carbocycles. The number of benzene rings is 2. The minimum Gasteiger partial charge on any atom is -0.496 e. The van der Waals surface area contributed by atoms with Crippen molar-refractivity contribution in [3.05, 3.63) is 53.6 Å². The van der Waals surface area contributed by atoms with Crippen LogP contribution in [0.3, 0.4) is 0 Å². The summed E-state index contributed by atoms with van der Waals surface area (Å²) in [6, 6.07) is 11.3. The van der Waals surface area contributed by atoms with Crippen LogP contribution >= 0.6 is 11.3 Å². The molecule has 3 aromatic rings. The molecule has 0 bridgehead atoms. The van der Waals surface area contributed by atoms with E-state index in [0.29, 0.717) is 34.9 Å². The van der Waals surface area contributed by atoms with Crippen molar-refractivity contribution in [3.63, 3.8) is 0 Å². The maximum atomic E-state index is 12.8. The van der Waals surface area contributed by atoms with E-state index in [1.807, 2.05) is 6.92 Å². The summed E-state index contributed by atoms with van der Waals surface area (Å²) in [6.45, 7) is 2.55. The van der Waals surface area contributed by atoms with Gasteiger partial charge in [0.1, 0.15) is 17.2 Å². The number of nitrogens with zero attached hydrogens (tertiary/aromatic N) is 2. The summed E-state index contributed by atoms with van der Waals surface area (Å²) in [7, 11) is -0.718. The van der Waals surface area contributed by atoms with Crippen LogP contribution in [0.5, 0.6) is 22.4 Å². The molecule has 11 heteroatoms. The first-order valence-corrected chi connectivity index (χ1v) is 12.2. The number of aromatic nitrogens is 2. The molecule has 0 unspecified atom stereocenters. The summed E-state index contributed by atoms with van der Waals surface area (Å²) < 4.78 is 41.4. The summed E-state index contributed by atoms with van der Waals surface area (Å²) in [5, 5.41) is 10.4.